The summed E-state index contributed by atoms with van der Waals surface area (Å²) in [5.74, 6) is -1.20. The second-order valence-electron chi connectivity index (χ2n) is 8.36. The number of nitrogens with one attached hydrogen (secondary N) is 4. The second kappa shape index (κ2) is 12.4. The molecule has 1 heterocycles. The van der Waals surface area contributed by atoms with E-state index in [4.69, 9.17) is 14.9 Å². The first-order chi connectivity index (χ1) is 16.9. The summed E-state index contributed by atoms with van der Waals surface area (Å²) >= 11 is 0. The average molecular weight is 528 g/mol. The fraction of sp³-hybridized carbons (Fsp3) is 0.545. The van der Waals surface area contributed by atoms with Crippen LogP contribution in [0.15, 0.2) is 17.0 Å². The highest BCUT2D eigenvalue weighted by atomic mass is 32.2. The molecule has 1 aromatic carbocycles. The molecule has 2 rings (SSSR count). The summed E-state index contributed by atoms with van der Waals surface area (Å²) in [5.41, 5.74) is 0.931. The van der Waals surface area contributed by atoms with Crippen molar-refractivity contribution >= 4 is 34.0 Å². The van der Waals surface area contributed by atoms with Crippen LogP contribution in [0.5, 0.6) is 5.75 Å². The predicted octanol–water partition coefficient (Wildman–Crippen LogP) is 0.695. The Morgan fingerprint density at radius 1 is 1.22 bits per heavy atom. The summed E-state index contributed by atoms with van der Waals surface area (Å²) in [7, 11) is -1.38. The van der Waals surface area contributed by atoms with Crippen molar-refractivity contribution in [3.63, 3.8) is 0 Å². The number of methoxy groups -OCH3 is 2. The van der Waals surface area contributed by atoms with Crippen molar-refractivity contribution in [3.8, 4) is 5.75 Å². The Bertz CT molecular complexity index is 1080. The third-order valence-electron chi connectivity index (χ3n) is 5.75. The predicted molar refractivity (Wildman–Crippen MR) is 129 cm³/mol. The molecular weight excluding hydrogens is 494 g/mol. The van der Waals surface area contributed by atoms with Gasteiger partial charge in [0.15, 0.2) is 0 Å². The van der Waals surface area contributed by atoms with Crippen molar-refractivity contribution < 1.29 is 37.4 Å². The molecule has 0 aromatic heterocycles. The molecule has 5 N–H and O–H groups in total. The van der Waals surface area contributed by atoms with Gasteiger partial charge in [-0.3, -0.25) is 15.1 Å². The molecule has 200 valence electrons. The Morgan fingerprint density at radius 3 is 2.42 bits per heavy atom. The molecule has 1 saturated heterocycles. The number of hydrogen-bond acceptors (Lipinski definition) is 8. The highest BCUT2D eigenvalue weighted by molar-refractivity contribution is 7.90. The summed E-state index contributed by atoms with van der Waals surface area (Å²) in [6.07, 6.45) is 0.107. The van der Waals surface area contributed by atoms with E-state index in [1.165, 1.54) is 14.2 Å². The molecule has 0 bridgehead atoms. The number of ether oxygens (including phenoxy) is 2. The molecule has 0 spiro atoms. The Morgan fingerprint density at radius 2 is 1.86 bits per heavy atom. The number of carbonyl (C=O) groups is 3. The van der Waals surface area contributed by atoms with Crippen molar-refractivity contribution in [2.75, 3.05) is 27.3 Å². The normalized spacial score (nSPS) is 16.1. The van der Waals surface area contributed by atoms with E-state index < -0.39 is 46.0 Å². The van der Waals surface area contributed by atoms with Gasteiger partial charge in [-0.05, 0) is 62.8 Å². The molecular formula is C22H33N5O8S. The highest BCUT2D eigenvalue weighted by Gasteiger charge is 2.36. The number of rotatable bonds is 10. The van der Waals surface area contributed by atoms with Crippen LogP contribution >= 0.6 is 0 Å². The molecule has 13 nitrogen and oxygen atoms in total. The maximum absolute atomic E-state index is 12.8. The van der Waals surface area contributed by atoms with E-state index in [0.29, 0.717) is 29.7 Å². The Labute approximate surface area is 210 Å². The zero-order valence-electron chi connectivity index (χ0n) is 20.7. The summed E-state index contributed by atoms with van der Waals surface area (Å²) < 4.78 is 37.6. The second-order valence-corrected chi connectivity index (χ2v) is 9.98. The summed E-state index contributed by atoms with van der Waals surface area (Å²) in [6, 6.07) is 1.28. The van der Waals surface area contributed by atoms with Gasteiger partial charge in [0.05, 0.1) is 19.1 Å². The van der Waals surface area contributed by atoms with Crippen LogP contribution in [0.1, 0.15) is 36.8 Å². The Hall–Kier alpha value is -3.55. The lowest BCUT2D eigenvalue weighted by Gasteiger charge is -2.23. The number of carboxylic acid groups (broad SMARTS) is 1. The maximum Gasteiger partial charge on any atom is 0.407 e. The van der Waals surface area contributed by atoms with Crippen molar-refractivity contribution in [3.05, 3.63) is 23.3 Å². The van der Waals surface area contributed by atoms with Gasteiger partial charge in [-0.25, -0.2) is 22.7 Å². The smallest absolute Gasteiger partial charge is 0.407 e. The molecule has 1 aliphatic rings. The van der Waals surface area contributed by atoms with Gasteiger partial charge >= 0.3 is 12.1 Å². The largest absolute Gasteiger partial charge is 0.497 e. The lowest BCUT2D eigenvalue weighted by Crippen LogP contribution is -2.51. The van der Waals surface area contributed by atoms with E-state index in [1.807, 2.05) is 0 Å². The van der Waals surface area contributed by atoms with Gasteiger partial charge in [0.1, 0.15) is 17.8 Å². The topological polar surface area (TPSA) is 187 Å². The monoisotopic (exact) mass is 527 g/mol. The number of benzene rings is 1. The van der Waals surface area contributed by atoms with Gasteiger partial charge in [-0.15, -0.1) is 0 Å². The number of likely N-dealkylation sites (tertiary alicyclic amines) is 1. The van der Waals surface area contributed by atoms with Gasteiger partial charge in [-0.1, -0.05) is 0 Å². The molecule has 0 aliphatic carbocycles. The van der Waals surface area contributed by atoms with E-state index >= 15 is 0 Å². The lowest BCUT2D eigenvalue weighted by atomic mass is 10.1. The van der Waals surface area contributed by atoms with Crippen LogP contribution in [0, 0.1) is 19.3 Å². The molecule has 0 saturated carbocycles. The zero-order chi connectivity index (χ0) is 27.0. The SMILES string of the molecule is COC(=O)C(CCCNC(=N)NS(=O)(=O)c1c(C)cc(OC)cc1C)NC(=O)[C@@H]1CCCN1C(=O)O. The number of esters is 1. The number of nitrogens with zero attached hydrogens (tertiary/aromatic N) is 1. The van der Waals surface area contributed by atoms with Crippen molar-refractivity contribution in [2.24, 2.45) is 0 Å². The fourth-order valence-corrected chi connectivity index (χ4v) is 5.53. The number of guanidine groups is 1. The number of hydrogen-bond donors (Lipinski definition) is 5. The summed E-state index contributed by atoms with van der Waals surface area (Å²) in [4.78, 5) is 37.1. The first kappa shape index (κ1) is 28.7. The number of sulfonamides is 1. The van der Waals surface area contributed by atoms with Gasteiger partial charge < -0.3 is 25.2 Å². The van der Waals surface area contributed by atoms with Crippen LogP contribution in [0.25, 0.3) is 0 Å². The van der Waals surface area contributed by atoms with Gasteiger partial charge in [-0.2, -0.15) is 0 Å². The molecule has 36 heavy (non-hydrogen) atoms. The van der Waals surface area contributed by atoms with E-state index in [9.17, 15) is 27.9 Å². The summed E-state index contributed by atoms with van der Waals surface area (Å²) in [5, 5.41) is 22.4. The first-order valence-electron chi connectivity index (χ1n) is 11.3. The molecule has 0 radical (unpaired) electrons. The lowest BCUT2D eigenvalue weighted by molar-refractivity contribution is -0.145. The third kappa shape index (κ3) is 7.23. The highest BCUT2D eigenvalue weighted by Crippen LogP contribution is 2.25. The third-order valence-corrected chi connectivity index (χ3v) is 7.40. The van der Waals surface area contributed by atoms with Gasteiger partial charge in [0.25, 0.3) is 10.0 Å². The van der Waals surface area contributed by atoms with Crippen molar-refractivity contribution in [2.45, 2.75) is 56.5 Å². The average Bonchev–Trinajstić information content (AvgIpc) is 3.30. The molecule has 1 unspecified atom stereocenters. The van der Waals surface area contributed by atoms with Crippen LogP contribution in [0.2, 0.25) is 0 Å². The number of aryl methyl sites for hydroxylation is 2. The van der Waals surface area contributed by atoms with Crippen molar-refractivity contribution in [1.29, 1.82) is 5.41 Å². The van der Waals surface area contributed by atoms with Crippen molar-refractivity contribution in [1.82, 2.24) is 20.3 Å². The minimum absolute atomic E-state index is 0.0469. The standard InChI is InChI=1S/C22H33N5O8S/c1-13-11-15(34-3)12-14(2)18(13)36(32,33)26-21(23)24-9-5-7-16(20(29)35-4)25-19(28)17-8-6-10-27(17)22(30)31/h11-12,16-17H,5-10H2,1-4H3,(H,25,28)(H,30,31)(H3,23,24,26)/t16?,17-/m0/s1. The molecule has 1 fully saturated rings. The van der Waals surface area contributed by atoms with Crippen LogP contribution in [-0.4, -0.2) is 81.7 Å². The fourth-order valence-electron chi connectivity index (χ4n) is 4.12. The maximum atomic E-state index is 12.8. The molecule has 2 amide bonds. The molecule has 1 aliphatic heterocycles. The van der Waals surface area contributed by atoms with Gasteiger partial charge in [0, 0.05) is 13.1 Å². The quantitative estimate of drug-likeness (QED) is 0.126. The number of carbonyl (C=O) groups excluding carboxylic acids is 2. The van der Waals surface area contributed by atoms with Crippen LogP contribution in [0.4, 0.5) is 4.79 Å². The molecule has 1 aromatic rings. The Balaban J connectivity index is 1.91. The summed E-state index contributed by atoms with van der Waals surface area (Å²) in [6.45, 7) is 3.62. The van der Waals surface area contributed by atoms with Crippen LogP contribution in [-0.2, 0) is 24.3 Å². The van der Waals surface area contributed by atoms with E-state index in [0.717, 1.165) is 4.90 Å². The van der Waals surface area contributed by atoms with Crippen LogP contribution in [0.3, 0.4) is 0 Å². The van der Waals surface area contributed by atoms with E-state index in [1.54, 1.807) is 26.0 Å². The number of amides is 2. The van der Waals surface area contributed by atoms with Gasteiger partial charge in [0.2, 0.25) is 11.9 Å². The van der Waals surface area contributed by atoms with Crippen LogP contribution < -0.4 is 20.1 Å². The molecule has 2 atom stereocenters. The molecule has 14 heteroatoms. The minimum Gasteiger partial charge on any atom is -0.497 e. The zero-order valence-corrected chi connectivity index (χ0v) is 21.5. The van der Waals surface area contributed by atoms with E-state index in [-0.39, 0.29) is 30.8 Å². The first-order valence-corrected chi connectivity index (χ1v) is 12.8. The van der Waals surface area contributed by atoms with E-state index in [2.05, 4.69) is 15.4 Å². The minimum atomic E-state index is -4.03. The Kier molecular flexibility index (Phi) is 9.90.